The number of nitrogens with two attached hydrogens (primary N) is 1. The average molecular weight is 387 g/mol. The highest BCUT2D eigenvalue weighted by atomic mass is 32.2. The van der Waals surface area contributed by atoms with Crippen molar-refractivity contribution in [1.29, 1.82) is 0 Å². The Kier molecular flexibility index (Phi) is 17.0. The summed E-state index contributed by atoms with van der Waals surface area (Å²) in [6.07, 6.45) is 21.1. The summed E-state index contributed by atoms with van der Waals surface area (Å²) in [7, 11) is -2.53. The van der Waals surface area contributed by atoms with Gasteiger partial charge >= 0.3 is 0 Å². The Labute approximate surface area is 162 Å². The largest absolute Gasteiger partial charge is 0.330 e. The number of carbonyl (C=O) groups is 1. The second-order valence-electron chi connectivity index (χ2n) is 7.16. The predicted octanol–water partition coefficient (Wildman–Crippen LogP) is 4.73. The van der Waals surface area contributed by atoms with E-state index in [2.05, 4.69) is 29.7 Å². The van der Waals surface area contributed by atoms with Gasteiger partial charge in [-0.2, -0.15) is 0 Å². The number of nitrogens with one attached hydrogen (secondary N) is 1. The lowest BCUT2D eigenvalue weighted by Gasteiger charge is -2.09. The van der Waals surface area contributed by atoms with E-state index >= 15 is 0 Å². The topological polar surface area (TPSA) is 72.2 Å². The molecular formula is C21H42N2O2S. The molecule has 0 fully saturated rings. The zero-order valence-corrected chi connectivity index (χ0v) is 17.8. The fourth-order valence-electron chi connectivity index (χ4n) is 2.86. The van der Waals surface area contributed by atoms with Gasteiger partial charge in [-0.15, -0.1) is 0 Å². The lowest BCUT2D eigenvalue weighted by molar-refractivity contribution is -0.119. The minimum Gasteiger partial charge on any atom is -0.330 e. The fourth-order valence-corrected chi connectivity index (χ4v) is 3.86. The van der Waals surface area contributed by atoms with Crippen molar-refractivity contribution in [2.75, 3.05) is 12.3 Å². The number of carbonyl (C=O) groups excluding carboxylic acids is 1. The van der Waals surface area contributed by atoms with Gasteiger partial charge in [0.25, 0.3) is 0 Å². The summed E-state index contributed by atoms with van der Waals surface area (Å²) >= 11 is 0. The van der Waals surface area contributed by atoms with Gasteiger partial charge in [-0.1, -0.05) is 70.4 Å². The quantitative estimate of drug-likeness (QED) is 0.203. The molecule has 154 valence electrons. The molecule has 0 aromatic rings. The Hall–Kier alpha value is -0.810. The van der Waals surface area contributed by atoms with Gasteiger partial charge in [-0.3, -0.25) is 9.52 Å². The summed E-state index contributed by atoms with van der Waals surface area (Å²) in [5.41, 5.74) is 5.35. The maximum atomic E-state index is 11.8. The van der Waals surface area contributed by atoms with E-state index < -0.39 is 9.71 Å². The molecule has 1 atom stereocenters. The highest BCUT2D eigenvalue weighted by Crippen LogP contribution is 2.10. The molecule has 0 saturated carbocycles. The molecule has 0 aromatic carbocycles. The number of rotatable bonds is 18. The van der Waals surface area contributed by atoms with Crippen LogP contribution in [0.4, 0.5) is 0 Å². The van der Waals surface area contributed by atoms with Gasteiger partial charge in [0.05, 0.1) is 0 Å². The van der Waals surface area contributed by atoms with Crippen molar-refractivity contribution in [3.05, 3.63) is 12.2 Å². The van der Waals surface area contributed by atoms with Crippen molar-refractivity contribution in [3.8, 4) is 0 Å². The van der Waals surface area contributed by atoms with Gasteiger partial charge in [0, 0.05) is 28.4 Å². The standard InChI is InChI=1S/C21H42N2O2S/c1-3-4-5-6-7-8-9-10-11-12-13-14-15-16-17-18-21(24)23-26(2,25)20-19-22/h10-11H,2-9,12-20,22H2,1H3,(H,23,24,25)/b11-10-. The summed E-state index contributed by atoms with van der Waals surface area (Å²) in [5.74, 6) is 3.60. The van der Waals surface area contributed by atoms with Crippen molar-refractivity contribution in [2.45, 2.75) is 96.8 Å². The highest BCUT2D eigenvalue weighted by molar-refractivity contribution is 7.99. The molecule has 0 aliphatic rings. The van der Waals surface area contributed by atoms with E-state index in [4.69, 9.17) is 5.73 Å². The van der Waals surface area contributed by atoms with Crippen LogP contribution < -0.4 is 10.5 Å². The zero-order chi connectivity index (χ0) is 19.5. The first kappa shape index (κ1) is 25.2. The van der Waals surface area contributed by atoms with Crippen molar-refractivity contribution < 1.29 is 9.00 Å². The molecule has 26 heavy (non-hydrogen) atoms. The van der Waals surface area contributed by atoms with Gasteiger partial charge in [0.2, 0.25) is 5.91 Å². The van der Waals surface area contributed by atoms with Crippen LogP contribution in [-0.2, 0) is 14.5 Å². The fraction of sp³-hybridized carbons (Fsp3) is 0.810. The SMILES string of the molecule is C=S(=O)(CCN)NC(=O)CCCCCCC/C=C\CCCCCCCC. The maximum absolute atomic E-state index is 11.8. The minimum absolute atomic E-state index is 0.170. The summed E-state index contributed by atoms with van der Waals surface area (Å²) in [5, 5.41) is 0. The van der Waals surface area contributed by atoms with Gasteiger partial charge in [-0.05, 0) is 38.0 Å². The van der Waals surface area contributed by atoms with Crippen LogP contribution in [0.15, 0.2) is 12.2 Å². The Morgan fingerprint density at radius 1 is 0.923 bits per heavy atom. The molecule has 0 aliphatic carbocycles. The Morgan fingerprint density at radius 2 is 1.42 bits per heavy atom. The third kappa shape index (κ3) is 18.0. The Morgan fingerprint density at radius 3 is 1.96 bits per heavy atom. The smallest absolute Gasteiger partial charge is 0.231 e. The molecule has 0 heterocycles. The van der Waals surface area contributed by atoms with Crippen LogP contribution in [0.5, 0.6) is 0 Å². The van der Waals surface area contributed by atoms with Crippen molar-refractivity contribution in [2.24, 2.45) is 5.73 Å². The van der Waals surface area contributed by atoms with Crippen LogP contribution >= 0.6 is 0 Å². The molecule has 0 aliphatic heterocycles. The molecule has 4 nitrogen and oxygen atoms in total. The van der Waals surface area contributed by atoms with Gasteiger partial charge < -0.3 is 5.73 Å². The molecule has 0 aromatic heterocycles. The molecule has 0 bridgehead atoms. The average Bonchev–Trinajstić information content (AvgIpc) is 2.57. The zero-order valence-electron chi connectivity index (χ0n) is 17.0. The van der Waals surface area contributed by atoms with E-state index in [1.165, 1.54) is 64.2 Å². The molecule has 1 unspecified atom stereocenters. The minimum atomic E-state index is -2.53. The molecule has 0 radical (unpaired) electrons. The number of amides is 1. The first-order valence-electron chi connectivity index (χ1n) is 10.5. The second kappa shape index (κ2) is 17.6. The summed E-state index contributed by atoms with van der Waals surface area (Å²) < 4.78 is 14.3. The van der Waals surface area contributed by atoms with Crippen molar-refractivity contribution in [3.63, 3.8) is 0 Å². The van der Waals surface area contributed by atoms with E-state index in [1.807, 2.05) is 0 Å². The van der Waals surface area contributed by atoms with E-state index in [9.17, 15) is 9.00 Å². The first-order valence-corrected chi connectivity index (χ1v) is 12.4. The third-order valence-electron chi connectivity index (χ3n) is 4.41. The van der Waals surface area contributed by atoms with Crippen LogP contribution in [0.2, 0.25) is 0 Å². The summed E-state index contributed by atoms with van der Waals surface area (Å²) in [6.45, 7) is 2.53. The lowest BCUT2D eigenvalue weighted by Crippen LogP contribution is -2.34. The lowest BCUT2D eigenvalue weighted by atomic mass is 10.1. The number of unbranched alkanes of at least 4 members (excludes halogenated alkanes) is 11. The van der Waals surface area contributed by atoms with E-state index in [-0.39, 0.29) is 18.2 Å². The molecule has 0 rings (SSSR count). The Bertz CT molecular complexity index is 459. The second-order valence-corrected chi connectivity index (χ2v) is 9.40. The van der Waals surface area contributed by atoms with Crippen molar-refractivity contribution in [1.82, 2.24) is 4.72 Å². The van der Waals surface area contributed by atoms with Gasteiger partial charge in [0.15, 0.2) is 0 Å². The summed E-state index contributed by atoms with van der Waals surface area (Å²) in [4.78, 5) is 11.7. The number of hydrogen-bond donors (Lipinski definition) is 2. The van der Waals surface area contributed by atoms with Crippen LogP contribution in [0.3, 0.4) is 0 Å². The Balaban J connectivity index is 3.38. The highest BCUT2D eigenvalue weighted by Gasteiger charge is 2.07. The predicted molar refractivity (Wildman–Crippen MR) is 117 cm³/mol. The van der Waals surface area contributed by atoms with Gasteiger partial charge in [-0.25, -0.2) is 4.21 Å². The number of hydrogen-bond acceptors (Lipinski definition) is 3. The van der Waals surface area contributed by atoms with E-state index in [0.29, 0.717) is 6.42 Å². The number of allylic oxidation sites excluding steroid dienone is 2. The van der Waals surface area contributed by atoms with E-state index in [1.54, 1.807) is 0 Å². The molecule has 1 amide bonds. The maximum Gasteiger partial charge on any atom is 0.231 e. The third-order valence-corrected chi connectivity index (χ3v) is 5.91. The molecule has 3 N–H and O–H groups in total. The summed E-state index contributed by atoms with van der Waals surface area (Å²) in [6, 6.07) is 0. The normalized spacial score (nSPS) is 13.8. The molecule has 5 heteroatoms. The molecule has 0 spiro atoms. The van der Waals surface area contributed by atoms with Crippen LogP contribution in [0.25, 0.3) is 0 Å². The van der Waals surface area contributed by atoms with Crippen LogP contribution in [0, 0.1) is 0 Å². The monoisotopic (exact) mass is 386 g/mol. The first-order chi connectivity index (χ1) is 12.5. The van der Waals surface area contributed by atoms with Gasteiger partial charge in [0.1, 0.15) is 0 Å². The van der Waals surface area contributed by atoms with Crippen LogP contribution in [0.1, 0.15) is 96.8 Å². The molecule has 0 saturated heterocycles. The molecular weight excluding hydrogens is 344 g/mol. The van der Waals surface area contributed by atoms with Crippen molar-refractivity contribution >= 4 is 21.5 Å². The van der Waals surface area contributed by atoms with E-state index in [0.717, 1.165) is 19.3 Å². The van der Waals surface area contributed by atoms with Crippen LogP contribution in [-0.4, -0.2) is 28.3 Å².